The van der Waals surface area contributed by atoms with Crippen molar-refractivity contribution in [2.75, 3.05) is 6.54 Å². The molecule has 0 aliphatic rings. The van der Waals surface area contributed by atoms with Crippen LogP contribution in [0.4, 0.5) is 0 Å². The molecule has 104 valence electrons. The Morgan fingerprint density at radius 3 is 2.53 bits per heavy atom. The summed E-state index contributed by atoms with van der Waals surface area (Å²) in [6.07, 6.45) is 1.59. The lowest BCUT2D eigenvalue weighted by atomic mass is 10.3. The summed E-state index contributed by atoms with van der Waals surface area (Å²) in [7, 11) is 0. The zero-order valence-corrected chi connectivity index (χ0v) is 11.5. The molecule has 0 amide bonds. The highest BCUT2D eigenvalue weighted by atomic mass is 16.2. The number of rotatable bonds is 4. The second-order valence-corrected chi connectivity index (χ2v) is 4.49. The highest BCUT2D eigenvalue weighted by molar-refractivity contribution is 5.70. The first-order chi connectivity index (χ1) is 9.06. The molecule has 0 radical (unpaired) electrons. The molecule has 1 unspecified atom stereocenters. The van der Waals surface area contributed by atoms with E-state index in [1.54, 1.807) is 17.8 Å². The van der Waals surface area contributed by atoms with Crippen molar-refractivity contribution in [3.63, 3.8) is 0 Å². The molecular formula is C12H19N5O2. The second kappa shape index (κ2) is 5.00. The van der Waals surface area contributed by atoms with E-state index in [0.29, 0.717) is 24.3 Å². The van der Waals surface area contributed by atoms with Crippen LogP contribution in [0.3, 0.4) is 0 Å². The van der Waals surface area contributed by atoms with Gasteiger partial charge in [0, 0.05) is 19.6 Å². The van der Waals surface area contributed by atoms with Gasteiger partial charge in [0.1, 0.15) is 0 Å². The smallest absolute Gasteiger partial charge is 0.328 e. The number of hydrogen-bond acceptors (Lipinski definition) is 4. The average Bonchev–Trinajstić information content (AvgIpc) is 2.83. The Hall–Kier alpha value is -1.89. The number of nitrogens with zero attached hydrogens (tertiary/aromatic N) is 4. The van der Waals surface area contributed by atoms with Crippen LogP contribution in [0.1, 0.15) is 26.8 Å². The molecule has 2 aromatic heterocycles. The standard InChI is InChI=1S/C12H19N5O2/c1-4-15-7-14-10-9(15)11(18)17(8(3)6-13)12(19)16(10)5-2/h7-8H,4-6,13H2,1-3H3. The van der Waals surface area contributed by atoms with Gasteiger partial charge in [0.05, 0.1) is 12.4 Å². The van der Waals surface area contributed by atoms with Gasteiger partial charge in [-0.15, -0.1) is 0 Å². The summed E-state index contributed by atoms with van der Waals surface area (Å²) >= 11 is 0. The van der Waals surface area contributed by atoms with Gasteiger partial charge in [0.2, 0.25) is 0 Å². The maximum Gasteiger partial charge on any atom is 0.333 e. The summed E-state index contributed by atoms with van der Waals surface area (Å²) in [4.78, 5) is 29.0. The third-order valence-electron chi connectivity index (χ3n) is 3.37. The predicted octanol–water partition coefficient (Wildman–Crippen LogP) is -0.0808. The lowest BCUT2D eigenvalue weighted by Gasteiger charge is -2.15. The molecule has 7 heteroatoms. The van der Waals surface area contributed by atoms with Crippen molar-refractivity contribution in [2.45, 2.75) is 39.9 Å². The molecule has 1 atom stereocenters. The van der Waals surface area contributed by atoms with Gasteiger partial charge in [0.15, 0.2) is 11.2 Å². The van der Waals surface area contributed by atoms with E-state index in [-0.39, 0.29) is 23.8 Å². The summed E-state index contributed by atoms with van der Waals surface area (Å²) in [5.41, 5.74) is 5.83. The first-order valence-electron chi connectivity index (χ1n) is 6.47. The Labute approximate surface area is 110 Å². The molecule has 0 aromatic carbocycles. The van der Waals surface area contributed by atoms with Crippen molar-refractivity contribution in [3.05, 3.63) is 27.2 Å². The van der Waals surface area contributed by atoms with Crippen LogP contribution in [-0.2, 0) is 13.1 Å². The first kappa shape index (κ1) is 13.5. The van der Waals surface area contributed by atoms with Crippen LogP contribution in [0.15, 0.2) is 15.9 Å². The zero-order valence-electron chi connectivity index (χ0n) is 11.5. The molecule has 7 nitrogen and oxygen atoms in total. The summed E-state index contributed by atoms with van der Waals surface area (Å²) < 4.78 is 4.48. The van der Waals surface area contributed by atoms with E-state index in [0.717, 1.165) is 0 Å². The Morgan fingerprint density at radius 2 is 2.00 bits per heavy atom. The molecule has 2 rings (SSSR count). The van der Waals surface area contributed by atoms with Crippen molar-refractivity contribution in [3.8, 4) is 0 Å². The molecule has 0 fully saturated rings. The number of aryl methyl sites for hydroxylation is 2. The van der Waals surface area contributed by atoms with Crippen LogP contribution in [0, 0.1) is 0 Å². The van der Waals surface area contributed by atoms with E-state index in [1.807, 2.05) is 13.8 Å². The highest BCUT2D eigenvalue weighted by Crippen LogP contribution is 2.08. The van der Waals surface area contributed by atoms with Crippen molar-refractivity contribution in [1.29, 1.82) is 0 Å². The molecule has 0 aliphatic heterocycles. The van der Waals surface area contributed by atoms with Gasteiger partial charge in [-0.3, -0.25) is 13.9 Å². The SMILES string of the molecule is CCn1cnc2c1c(=O)n(C(C)CN)c(=O)n2CC. The molecule has 0 saturated heterocycles. The largest absolute Gasteiger partial charge is 0.333 e. The Morgan fingerprint density at radius 1 is 1.32 bits per heavy atom. The van der Waals surface area contributed by atoms with E-state index in [4.69, 9.17) is 5.73 Å². The van der Waals surface area contributed by atoms with Gasteiger partial charge < -0.3 is 10.3 Å². The van der Waals surface area contributed by atoms with Crippen molar-refractivity contribution in [2.24, 2.45) is 5.73 Å². The fraction of sp³-hybridized carbons (Fsp3) is 0.583. The van der Waals surface area contributed by atoms with E-state index in [1.165, 1.54) is 9.13 Å². The van der Waals surface area contributed by atoms with Gasteiger partial charge in [-0.2, -0.15) is 0 Å². The number of aromatic nitrogens is 4. The molecule has 0 spiro atoms. The monoisotopic (exact) mass is 265 g/mol. The Balaban J connectivity index is 2.98. The van der Waals surface area contributed by atoms with Crippen LogP contribution in [0.25, 0.3) is 11.2 Å². The van der Waals surface area contributed by atoms with Gasteiger partial charge in [0.25, 0.3) is 5.56 Å². The maximum atomic E-state index is 12.5. The zero-order chi connectivity index (χ0) is 14.2. The summed E-state index contributed by atoms with van der Waals surface area (Å²) in [6, 6.07) is -0.331. The van der Waals surface area contributed by atoms with Gasteiger partial charge in [-0.25, -0.2) is 9.78 Å². The van der Waals surface area contributed by atoms with Crippen LogP contribution in [0.2, 0.25) is 0 Å². The molecule has 0 saturated carbocycles. The summed E-state index contributed by atoms with van der Waals surface area (Å²) in [6.45, 7) is 6.89. The van der Waals surface area contributed by atoms with Crippen LogP contribution >= 0.6 is 0 Å². The molecule has 0 bridgehead atoms. The molecule has 19 heavy (non-hydrogen) atoms. The lowest BCUT2D eigenvalue weighted by Crippen LogP contribution is -2.43. The minimum absolute atomic E-state index is 0.241. The van der Waals surface area contributed by atoms with Crippen LogP contribution in [0.5, 0.6) is 0 Å². The van der Waals surface area contributed by atoms with E-state index in [9.17, 15) is 9.59 Å². The van der Waals surface area contributed by atoms with Gasteiger partial charge in [-0.1, -0.05) is 0 Å². The fourth-order valence-electron chi connectivity index (χ4n) is 2.23. The highest BCUT2D eigenvalue weighted by Gasteiger charge is 2.19. The van der Waals surface area contributed by atoms with Gasteiger partial charge >= 0.3 is 5.69 Å². The van der Waals surface area contributed by atoms with Crippen LogP contribution < -0.4 is 17.0 Å². The van der Waals surface area contributed by atoms with Crippen molar-refractivity contribution >= 4 is 11.2 Å². The summed E-state index contributed by atoms with van der Waals surface area (Å²) in [5.74, 6) is 0. The van der Waals surface area contributed by atoms with Crippen LogP contribution in [-0.4, -0.2) is 25.2 Å². The molecule has 0 aliphatic carbocycles. The number of hydrogen-bond donors (Lipinski definition) is 1. The van der Waals surface area contributed by atoms with E-state index in [2.05, 4.69) is 4.98 Å². The minimum atomic E-state index is -0.348. The number of fused-ring (bicyclic) bond motifs is 1. The van der Waals surface area contributed by atoms with Crippen molar-refractivity contribution in [1.82, 2.24) is 18.7 Å². The predicted molar refractivity (Wildman–Crippen MR) is 73.4 cm³/mol. The molecule has 2 aromatic rings. The average molecular weight is 265 g/mol. The topological polar surface area (TPSA) is 87.8 Å². The maximum absolute atomic E-state index is 12.5. The van der Waals surface area contributed by atoms with E-state index >= 15 is 0 Å². The third kappa shape index (κ3) is 1.90. The second-order valence-electron chi connectivity index (χ2n) is 4.49. The van der Waals surface area contributed by atoms with E-state index < -0.39 is 0 Å². The Kier molecular flexibility index (Phi) is 3.57. The molecule has 2 N–H and O–H groups in total. The lowest BCUT2D eigenvalue weighted by molar-refractivity contribution is 0.491. The van der Waals surface area contributed by atoms with Gasteiger partial charge in [-0.05, 0) is 20.8 Å². The third-order valence-corrected chi connectivity index (χ3v) is 3.37. The minimum Gasteiger partial charge on any atom is -0.328 e. The fourth-order valence-corrected chi connectivity index (χ4v) is 2.23. The normalized spacial score (nSPS) is 13.1. The molecular weight excluding hydrogens is 246 g/mol. The Bertz CT molecular complexity index is 709. The van der Waals surface area contributed by atoms with Crippen molar-refractivity contribution < 1.29 is 0 Å². The number of nitrogens with two attached hydrogens (primary N) is 1. The molecule has 2 heterocycles. The summed E-state index contributed by atoms with van der Waals surface area (Å²) in [5, 5.41) is 0. The first-order valence-corrected chi connectivity index (χ1v) is 6.47. The number of imidazole rings is 1. The quantitative estimate of drug-likeness (QED) is 0.837.